The van der Waals surface area contributed by atoms with Gasteiger partial charge in [0.25, 0.3) is 0 Å². The zero-order chi connectivity index (χ0) is 15.5. The molecule has 1 aromatic rings. The molecule has 0 aliphatic carbocycles. The van der Waals surface area contributed by atoms with Crippen molar-refractivity contribution in [3.63, 3.8) is 0 Å². The topological polar surface area (TPSA) is 50.4 Å². The van der Waals surface area contributed by atoms with Gasteiger partial charge in [0.2, 0.25) is 5.91 Å². The lowest BCUT2D eigenvalue weighted by Gasteiger charge is -2.22. The van der Waals surface area contributed by atoms with E-state index in [-0.39, 0.29) is 5.91 Å². The fourth-order valence-electron chi connectivity index (χ4n) is 2.39. The van der Waals surface area contributed by atoms with E-state index in [0.717, 1.165) is 37.5 Å². The normalized spacial score (nSPS) is 18.1. The number of carbonyl (C=O) groups is 1. The molecule has 0 spiro atoms. The number of ether oxygens (including phenoxy) is 1. The summed E-state index contributed by atoms with van der Waals surface area (Å²) in [4.78, 5) is 11.8. The summed E-state index contributed by atoms with van der Waals surface area (Å²) in [7, 11) is 0. The molecule has 1 aliphatic heterocycles. The van der Waals surface area contributed by atoms with Crippen LogP contribution in [0.1, 0.15) is 18.4 Å². The molecule has 5 heteroatoms. The number of rotatable bonds is 9. The third-order valence-corrected chi connectivity index (χ3v) is 4.73. The molecule has 1 aromatic carbocycles. The Morgan fingerprint density at radius 3 is 2.95 bits per heavy atom. The summed E-state index contributed by atoms with van der Waals surface area (Å²) in [6, 6.07) is 10.7. The highest BCUT2D eigenvalue weighted by atomic mass is 32.2. The molecule has 22 heavy (non-hydrogen) atoms. The Balaban J connectivity index is 1.42. The molecule has 1 saturated heterocycles. The van der Waals surface area contributed by atoms with Crippen LogP contribution in [0.2, 0.25) is 0 Å². The molecule has 122 valence electrons. The Kier molecular flexibility index (Phi) is 8.38. The van der Waals surface area contributed by atoms with Crippen LogP contribution in [0.3, 0.4) is 0 Å². The molecule has 1 atom stereocenters. The molecule has 2 N–H and O–H groups in total. The SMILES string of the molecule is O=C(CC1CSCCN1)NCCCOCCc1ccccc1. The summed E-state index contributed by atoms with van der Waals surface area (Å²) in [5, 5.41) is 6.35. The van der Waals surface area contributed by atoms with Crippen LogP contribution in [0.15, 0.2) is 30.3 Å². The second-order valence-electron chi connectivity index (χ2n) is 5.48. The first-order valence-electron chi connectivity index (χ1n) is 8.04. The number of carbonyl (C=O) groups excluding carboxylic acids is 1. The van der Waals surface area contributed by atoms with Crippen molar-refractivity contribution in [1.82, 2.24) is 10.6 Å². The maximum absolute atomic E-state index is 11.8. The van der Waals surface area contributed by atoms with Gasteiger partial charge in [-0.05, 0) is 18.4 Å². The predicted molar refractivity (Wildman–Crippen MR) is 92.3 cm³/mol. The number of hydrogen-bond donors (Lipinski definition) is 2. The molecule has 1 fully saturated rings. The minimum Gasteiger partial charge on any atom is -0.381 e. The highest BCUT2D eigenvalue weighted by molar-refractivity contribution is 7.99. The van der Waals surface area contributed by atoms with E-state index in [1.165, 1.54) is 5.56 Å². The van der Waals surface area contributed by atoms with Crippen LogP contribution in [0.25, 0.3) is 0 Å². The van der Waals surface area contributed by atoms with E-state index in [4.69, 9.17) is 4.74 Å². The van der Waals surface area contributed by atoms with Crippen LogP contribution in [-0.4, -0.2) is 49.8 Å². The summed E-state index contributed by atoms with van der Waals surface area (Å²) >= 11 is 1.92. The molecule has 1 unspecified atom stereocenters. The molecule has 1 amide bonds. The lowest BCUT2D eigenvalue weighted by Crippen LogP contribution is -2.41. The minimum atomic E-state index is 0.143. The molecule has 4 nitrogen and oxygen atoms in total. The van der Waals surface area contributed by atoms with E-state index < -0.39 is 0 Å². The first kappa shape index (κ1) is 17.3. The minimum absolute atomic E-state index is 0.143. The van der Waals surface area contributed by atoms with Crippen LogP contribution < -0.4 is 10.6 Å². The van der Waals surface area contributed by atoms with Crippen molar-refractivity contribution in [1.29, 1.82) is 0 Å². The summed E-state index contributed by atoms with van der Waals surface area (Å²) in [5.41, 5.74) is 1.30. The van der Waals surface area contributed by atoms with E-state index in [0.29, 0.717) is 25.6 Å². The molecule has 0 radical (unpaired) electrons. The Hall–Kier alpha value is -1.04. The van der Waals surface area contributed by atoms with Crippen molar-refractivity contribution in [2.75, 3.05) is 37.8 Å². The Morgan fingerprint density at radius 2 is 2.18 bits per heavy atom. The first-order valence-corrected chi connectivity index (χ1v) is 9.19. The standard InChI is InChI=1S/C17H26N2O2S/c20-17(13-16-14-22-12-9-18-16)19-8-4-10-21-11-7-15-5-2-1-3-6-15/h1-3,5-6,16,18H,4,7-14H2,(H,19,20). The van der Waals surface area contributed by atoms with Gasteiger partial charge in [-0.2, -0.15) is 11.8 Å². The van der Waals surface area contributed by atoms with E-state index in [2.05, 4.69) is 22.8 Å². The third kappa shape index (κ3) is 7.29. The van der Waals surface area contributed by atoms with Crippen molar-refractivity contribution in [3.8, 4) is 0 Å². The van der Waals surface area contributed by atoms with Crippen molar-refractivity contribution in [3.05, 3.63) is 35.9 Å². The van der Waals surface area contributed by atoms with Gasteiger partial charge in [-0.1, -0.05) is 30.3 Å². The molecule has 1 heterocycles. The van der Waals surface area contributed by atoms with Gasteiger partial charge in [0.1, 0.15) is 0 Å². The maximum Gasteiger partial charge on any atom is 0.221 e. The molecule has 1 aliphatic rings. The molecular formula is C17H26N2O2S. The monoisotopic (exact) mass is 322 g/mol. The van der Waals surface area contributed by atoms with Gasteiger partial charge in [0.05, 0.1) is 6.61 Å². The fraction of sp³-hybridized carbons (Fsp3) is 0.588. The smallest absolute Gasteiger partial charge is 0.221 e. The molecule has 0 saturated carbocycles. The van der Waals surface area contributed by atoms with E-state index in [9.17, 15) is 4.79 Å². The molecule has 2 rings (SSSR count). The summed E-state index contributed by atoms with van der Waals surface area (Å²) in [5.74, 6) is 2.33. The van der Waals surface area contributed by atoms with E-state index in [1.807, 2.05) is 30.0 Å². The Morgan fingerprint density at radius 1 is 1.32 bits per heavy atom. The number of amides is 1. The van der Waals surface area contributed by atoms with Crippen molar-refractivity contribution < 1.29 is 9.53 Å². The number of hydrogen-bond acceptors (Lipinski definition) is 4. The molecule has 0 aromatic heterocycles. The van der Waals surface area contributed by atoms with Gasteiger partial charge >= 0.3 is 0 Å². The summed E-state index contributed by atoms with van der Waals surface area (Å²) in [6.07, 6.45) is 2.40. The van der Waals surface area contributed by atoms with Crippen LogP contribution in [0.5, 0.6) is 0 Å². The average molecular weight is 322 g/mol. The molecular weight excluding hydrogens is 296 g/mol. The van der Waals surface area contributed by atoms with Crippen LogP contribution >= 0.6 is 11.8 Å². The number of nitrogens with one attached hydrogen (secondary N) is 2. The Labute approximate surface area is 137 Å². The highest BCUT2D eigenvalue weighted by Gasteiger charge is 2.16. The zero-order valence-corrected chi connectivity index (χ0v) is 13.9. The highest BCUT2D eigenvalue weighted by Crippen LogP contribution is 2.09. The zero-order valence-electron chi connectivity index (χ0n) is 13.1. The largest absolute Gasteiger partial charge is 0.381 e. The van der Waals surface area contributed by atoms with Crippen LogP contribution in [-0.2, 0) is 16.0 Å². The van der Waals surface area contributed by atoms with Gasteiger partial charge < -0.3 is 15.4 Å². The Bertz CT molecular complexity index is 422. The van der Waals surface area contributed by atoms with Crippen molar-refractivity contribution in [2.24, 2.45) is 0 Å². The van der Waals surface area contributed by atoms with Crippen molar-refractivity contribution >= 4 is 17.7 Å². The van der Waals surface area contributed by atoms with Gasteiger partial charge in [0, 0.05) is 43.7 Å². The van der Waals surface area contributed by atoms with Gasteiger partial charge in [-0.15, -0.1) is 0 Å². The lowest BCUT2D eigenvalue weighted by molar-refractivity contribution is -0.121. The fourth-order valence-corrected chi connectivity index (χ4v) is 3.33. The molecule has 0 bridgehead atoms. The first-order chi connectivity index (χ1) is 10.8. The predicted octanol–water partition coefficient (Wildman–Crippen LogP) is 1.85. The average Bonchev–Trinajstić information content (AvgIpc) is 2.56. The van der Waals surface area contributed by atoms with Gasteiger partial charge in [-0.3, -0.25) is 4.79 Å². The quantitative estimate of drug-likeness (QED) is 0.681. The third-order valence-electron chi connectivity index (χ3n) is 3.60. The second-order valence-corrected chi connectivity index (χ2v) is 6.63. The lowest BCUT2D eigenvalue weighted by atomic mass is 10.2. The number of thioether (sulfide) groups is 1. The van der Waals surface area contributed by atoms with E-state index >= 15 is 0 Å². The van der Waals surface area contributed by atoms with E-state index in [1.54, 1.807) is 0 Å². The van der Waals surface area contributed by atoms with Gasteiger partial charge in [-0.25, -0.2) is 0 Å². The maximum atomic E-state index is 11.8. The number of benzene rings is 1. The van der Waals surface area contributed by atoms with Gasteiger partial charge in [0.15, 0.2) is 0 Å². The second kappa shape index (κ2) is 10.6. The summed E-state index contributed by atoms with van der Waals surface area (Å²) in [6.45, 7) is 3.15. The van der Waals surface area contributed by atoms with Crippen molar-refractivity contribution in [2.45, 2.75) is 25.3 Å². The van der Waals surface area contributed by atoms with Crippen LogP contribution in [0.4, 0.5) is 0 Å². The summed E-state index contributed by atoms with van der Waals surface area (Å²) < 4.78 is 5.60. The van der Waals surface area contributed by atoms with Crippen LogP contribution in [0, 0.1) is 0 Å².